The number of aliphatic hydroxyl groups excluding tert-OH is 1. The average Bonchev–Trinajstić information content (AvgIpc) is 2.43. The van der Waals surface area contributed by atoms with Crippen molar-refractivity contribution in [2.45, 2.75) is 64.6 Å². The molecule has 0 unspecified atom stereocenters. The van der Waals surface area contributed by atoms with E-state index in [0.29, 0.717) is 19.5 Å². The first-order valence-corrected chi connectivity index (χ1v) is 7.40. The second-order valence-electron chi connectivity index (χ2n) is 4.89. The monoisotopic (exact) mass is 288 g/mol. The lowest BCUT2D eigenvalue weighted by molar-refractivity contribution is -0.163. The highest BCUT2D eigenvalue weighted by atomic mass is 16.4. The molecule has 0 rings (SSSR count). The first-order valence-electron chi connectivity index (χ1n) is 7.40. The highest BCUT2D eigenvalue weighted by Crippen LogP contribution is 2.21. The number of carbonyl (C=O) groups excluding carboxylic acids is 2. The van der Waals surface area contributed by atoms with Crippen molar-refractivity contribution < 1.29 is 19.8 Å². The van der Waals surface area contributed by atoms with E-state index >= 15 is 0 Å². The van der Waals surface area contributed by atoms with E-state index in [-0.39, 0.29) is 6.42 Å². The summed E-state index contributed by atoms with van der Waals surface area (Å²) in [6.07, 6.45) is 1.76. The fourth-order valence-electron chi connectivity index (χ4n) is 2.00. The lowest BCUT2D eigenvalue weighted by Crippen LogP contribution is -2.59. The van der Waals surface area contributed by atoms with Crippen LogP contribution >= 0.6 is 0 Å². The van der Waals surface area contributed by atoms with Gasteiger partial charge in [-0.3, -0.25) is 9.59 Å². The molecule has 0 aromatic rings. The zero-order valence-electron chi connectivity index (χ0n) is 12.7. The van der Waals surface area contributed by atoms with Crippen LogP contribution in [0.4, 0.5) is 0 Å². The minimum Gasteiger partial charge on any atom is -0.380 e. The quantitative estimate of drug-likeness (QED) is 0.435. The van der Waals surface area contributed by atoms with E-state index in [0.717, 1.165) is 19.3 Å². The first kappa shape index (κ1) is 18.9. The molecule has 118 valence electrons. The summed E-state index contributed by atoms with van der Waals surface area (Å²) in [6, 6.07) is 0. The van der Waals surface area contributed by atoms with Crippen LogP contribution in [0.3, 0.4) is 0 Å². The van der Waals surface area contributed by atoms with Gasteiger partial charge in [0.25, 0.3) is 11.8 Å². The summed E-state index contributed by atoms with van der Waals surface area (Å²) in [5.74, 6) is -1.42. The molecule has 0 fully saturated rings. The molecule has 20 heavy (non-hydrogen) atoms. The Morgan fingerprint density at radius 3 is 2.15 bits per heavy atom. The molecule has 0 saturated carbocycles. The summed E-state index contributed by atoms with van der Waals surface area (Å²) >= 11 is 0. The molecule has 0 radical (unpaired) electrons. The van der Waals surface area contributed by atoms with Crippen molar-refractivity contribution in [2.24, 2.45) is 0 Å². The largest absolute Gasteiger partial charge is 0.380 e. The van der Waals surface area contributed by atoms with Crippen molar-refractivity contribution in [2.75, 3.05) is 13.1 Å². The normalized spacial score (nSPS) is 15.2. The molecule has 0 aromatic heterocycles. The van der Waals surface area contributed by atoms with Crippen molar-refractivity contribution >= 4 is 11.8 Å². The molecular weight excluding hydrogens is 260 g/mol. The Balaban J connectivity index is 4.84. The van der Waals surface area contributed by atoms with Gasteiger partial charge in [0.2, 0.25) is 0 Å². The van der Waals surface area contributed by atoms with Crippen molar-refractivity contribution in [1.29, 1.82) is 0 Å². The van der Waals surface area contributed by atoms with Crippen molar-refractivity contribution in [3.63, 3.8) is 0 Å². The van der Waals surface area contributed by atoms with Gasteiger partial charge in [-0.25, -0.2) is 0 Å². The Labute approximate surface area is 120 Å². The number of hydrogen-bond acceptors (Lipinski definition) is 4. The molecule has 6 heteroatoms. The highest BCUT2D eigenvalue weighted by Gasteiger charge is 2.46. The van der Waals surface area contributed by atoms with Gasteiger partial charge in [-0.1, -0.05) is 26.2 Å². The Morgan fingerprint density at radius 2 is 1.65 bits per heavy atom. The predicted octanol–water partition coefficient (Wildman–Crippen LogP) is 0.321. The lowest BCUT2D eigenvalue weighted by Gasteiger charge is -2.30. The minimum atomic E-state index is -2.07. The fourth-order valence-corrected chi connectivity index (χ4v) is 2.00. The number of rotatable bonds is 10. The third-order valence-electron chi connectivity index (χ3n) is 3.19. The zero-order chi connectivity index (χ0) is 15.6. The second-order valence-corrected chi connectivity index (χ2v) is 4.89. The van der Waals surface area contributed by atoms with E-state index in [9.17, 15) is 19.8 Å². The fraction of sp³-hybridized carbons (Fsp3) is 0.857. The van der Waals surface area contributed by atoms with Crippen LogP contribution in [0.2, 0.25) is 0 Å². The SMILES string of the molecule is CCCCCC[C@](O)(C(=O)NCC)[C@@H](O)C(=O)NCC. The molecule has 0 heterocycles. The molecule has 2 atom stereocenters. The molecule has 0 aliphatic heterocycles. The van der Waals surface area contributed by atoms with Gasteiger partial charge in [0.15, 0.2) is 11.7 Å². The number of carbonyl (C=O) groups is 2. The number of unbranched alkanes of at least 4 members (excludes halogenated alkanes) is 3. The van der Waals surface area contributed by atoms with E-state index in [2.05, 4.69) is 17.6 Å². The van der Waals surface area contributed by atoms with E-state index in [1.165, 1.54) is 0 Å². The van der Waals surface area contributed by atoms with Gasteiger partial charge in [-0.15, -0.1) is 0 Å². The van der Waals surface area contributed by atoms with Gasteiger partial charge in [0.1, 0.15) is 0 Å². The summed E-state index contributed by atoms with van der Waals surface area (Å²) in [4.78, 5) is 23.7. The van der Waals surface area contributed by atoms with Crippen LogP contribution in [0.15, 0.2) is 0 Å². The smallest absolute Gasteiger partial charge is 0.255 e. The molecule has 6 nitrogen and oxygen atoms in total. The molecular formula is C14H28N2O4. The average molecular weight is 288 g/mol. The molecule has 4 N–H and O–H groups in total. The number of amides is 2. The maximum absolute atomic E-state index is 12.0. The number of aliphatic hydroxyl groups is 2. The van der Waals surface area contributed by atoms with Crippen molar-refractivity contribution in [3.05, 3.63) is 0 Å². The van der Waals surface area contributed by atoms with Crippen LogP contribution in [0, 0.1) is 0 Å². The predicted molar refractivity (Wildman–Crippen MR) is 77.1 cm³/mol. The maximum atomic E-state index is 12.0. The van der Waals surface area contributed by atoms with Crippen LogP contribution in [-0.4, -0.2) is 46.8 Å². The highest BCUT2D eigenvalue weighted by molar-refractivity contribution is 5.94. The summed E-state index contributed by atoms with van der Waals surface area (Å²) in [5, 5.41) is 25.3. The Kier molecular flexibility index (Phi) is 9.16. The molecule has 2 amide bonds. The summed E-state index contributed by atoms with van der Waals surface area (Å²) < 4.78 is 0. The Morgan fingerprint density at radius 1 is 1.05 bits per heavy atom. The van der Waals surface area contributed by atoms with Gasteiger partial charge in [0, 0.05) is 13.1 Å². The first-order chi connectivity index (χ1) is 9.43. The number of hydrogen-bond donors (Lipinski definition) is 4. The van der Waals surface area contributed by atoms with Gasteiger partial charge in [-0.2, -0.15) is 0 Å². The van der Waals surface area contributed by atoms with Gasteiger partial charge in [0.05, 0.1) is 0 Å². The zero-order valence-corrected chi connectivity index (χ0v) is 12.7. The van der Waals surface area contributed by atoms with E-state index < -0.39 is 23.5 Å². The van der Waals surface area contributed by atoms with Gasteiger partial charge < -0.3 is 20.8 Å². The Bertz CT molecular complexity index is 310. The van der Waals surface area contributed by atoms with E-state index in [1.807, 2.05) is 0 Å². The summed E-state index contributed by atoms with van der Waals surface area (Å²) in [5.41, 5.74) is -2.07. The molecule has 0 saturated heterocycles. The molecule has 0 aliphatic rings. The van der Waals surface area contributed by atoms with Crippen LogP contribution in [0.5, 0.6) is 0 Å². The van der Waals surface area contributed by atoms with Crippen molar-refractivity contribution in [1.82, 2.24) is 10.6 Å². The minimum absolute atomic E-state index is 0.0666. The van der Waals surface area contributed by atoms with Gasteiger partial charge >= 0.3 is 0 Å². The Hall–Kier alpha value is -1.14. The third-order valence-corrected chi connectivity index (χ3v) is 3.19. The molecule has 0 spiro atoms. The lowest BCUT2D eigenvalue weighted by atomic mass is 9.88. The van der Waals surface area contributed by atoms with E-state index in [1.54, 1.807) is 13.8 Å². The standard InChI is InChI=1S/C14H28N2O4/c1-4-7-8-9-10-14(20,13(19)16-6-3)11(17)12(18)15-5-2/h11,17,20H,4-10H2,1-3H3,(H,15,18)(H,16,19)/t11-,14+/m0/s1. The second kappa shape index (κ2) is 9.72. The topological polar surface area (TPSA) is 98.7 Å². The molecule has 0 bridgehead atoms. The summed E-state index contributed by atoms with van der Waals surface area (Å²) in [6.45, 7) is 6.14. The third kappa shape index (κ3) is 5.46. The van der Waals surface area contributed by atoms with E-state index in [4.69, 9.17) is 0 Å². The van der Waals surface area contributed by atoms with Crippen molar-refractivity contribution in [3.8, 4) is 0 Å². The van der Waals surface area contributed by atoms with Gasteiger partial charge in [-0.05, 0) is 26.7 Å². The molecule has 0 aromatic carbocycles. The molecule has 0 aliphatic carbocycles. The summed E-state index contributed by atoms with van der Waals surface area (Å²) in [7, 11) is 0. The number of nitrogens with one attached hydrogen (secondary N) is 2. The maximum Gasteiger partial charge on any atom is 0.255 e. The van der Waals surface area contributed by atoms with Crippen LogP contribution in [0.25, 0.3) is 0 Å². The van der Waals surface area contributed by atoms with Crippen LogP contribution < -0.4 is 10.6 Å². The van der Waals surface area contributed by atoms with Crippen LogP contribution in [0.1, 0.15) is 52.9 Å². The van der Waals surface area contributed by atoms with Crippen LogP contribution in [-0.2, 0) is 9.59 Å². The number of likely N-dealkylation sites (N-methyl/N-ethyl adjacent to an activating group) is 2.